The molecule has 31 heavy (non-hydrogen) atoms. The van der Waals surface area contributed by atoms with Gasteiger partial charge in [-0.25, -0.2) is 0 Å². The average molecular weight is 456 g/mol. The Bertz CT molecular complexity index is 1160. The molecule has 0 spiro atoms. The molecule has 0 radical (unpaired) electrons. The smallest absolute Gasteiger partial charge is 0.274 e. The van der Waals surface area contributed by atoms with E-state index < -0.39 is 0 Å². The van der Waals surface area contributed by atoms with E-state index in [1.807, 2.05) is 67.4 Å². The first kappa shape index (κ1) is 21.5. The number of hydrogen-bond acceptors (Lipinski definition) is 3. The topological polar surface area (TPSA) is 45.6 Å². The minimum Gasteiger partial charge on any atom is -0.316 e. The first-order chi connectivity index (χ1) is 14.8. The number of fused-ring (bicyclic) bond motifs is 1. The van der Waals surface area contributed by atoms with Crippen molar-refractivity contribution in [1.82, 2.24) is 9.58 Å². The molecule has 0 N–H and O–H groups in total. The van der Waals surface area contributed by atoms with Crippen molar-refractivity contribution in [2.45, 2.75) is 32.9 Å². The van der Waals surface area contributed by atoms with Crippen LogP contribution in [0.1, 0.15) is 47.1 Å². The summed E-state index contributed by atoms with van der Waals surface area (Å²) in [5, 5.41) is 3.23. The Balaban J connectivity index is 2.01. The van der Waals surface area contributed by atoms with Crippen LogP contribution in [0.15, 0.2) is 65.6 Å². The molecule has 0 saturated carbocycles. The molecule has 1 amide bonds. The van der Waals surface area contributed by atoms with Gasteiger partial charge in [0.15, 0.2) is 5.43 Å². The van der Waals surface area contributed by atoms with Gasteiger partial charge in [0, 0.05) is 33.9 Å². The number of aromatic nitrogens is 1. The Morgan fingerprint density at radius 1 is 0.871 bits per heavy atom. The monoisotopic (exact) mass is 455 g/mol. The molecule has 2 aromatic carbocycles. The zero-order chi connectivity index (χ0) is 22.3. The number of amides is 1. The second-order valence-corrected chi connectivity index (χ2v) is 8.71. The van der Waals surface area contributed by atoms with Gasteiger partial charge in [-0.2, -0.15) is 0 Å². The molecule has 0 atom stereocenters. The number of halogens is 2. The maximum absolute atomic E-state index is 13.3. The number of hydrogen-bond donors (Lipinski definition) is 0. The summed E-state index contributed by atoms with van der Waals surface area (Å²) in [6.45, 7) is 5.92. The lowest BCUT2D eigenvalue weighted by Gasteiger charge is -2.45. The van der Waals surface area contributed by atoms with Crippen LogP contribution in [0.5, 0.6) is 0 Å². The number of pyridine rings is 1. The highest BCUT2D eigenvalue weighted by Gasteiger charge is 2.37. The Kier molecular flexibility index (Phi) is 5.82. The van der Waals surface area contributed by atoms with Gasteiger partial charge in [-0.15, -0.1) is 0 Å². The van der Waals surface area contributed by atoms with Crippen molar-refractivity contribution in [3.05, 3.63) is 103 Å². The van der Waals surface area contributed by atoms with Gasteiger partial charge in [-0.1, -0.05) is 59.6 Å². The quantitative estimate of drug-likeness (QED) is 0.555. The highest BCUT2D eigenvalue weighted by Crippen LogP contribution is 2.37. The standard InChI is InChI=1S/C24H23Cl2N3O2/c1-15(2)27-14-29(28-13-12-21(30)16(3)22(28)24(27)31)23(17-8-4-6-10-19(17)25)18-9-5-7-11-20(18)26/h4-13,15,23H,14H2,1-3H3. The predicted octanol–water partition coefficient (Wildman–Crippen LogP) is 5.01. The van der Waals surface area contributed by atoms with E-state index in [-0.39, 0.29) is 23.4 Å². The van der Waals surface area contributed by atoms with Gasteiger partial charge >= 0.3 is 0 Å². The number of rotatable bonds is 4. The van der Waals surface area contributed by atoms with E-state index in [2.05, 4.69) is 0 Å². The van der Waals surface area contributed by atoms with Crippen molar-refractivity contribution in [3.63, 3.8) is 0 Å². The lowest BCUT2D eigenvalue weighted by Crippen LogP contribution is -2.57. The first-order valence-corrected chi connectivity index (χ1v) is 10.9. The summed E-state index contributed by atoms with van der Waals surface area (Å²) in [5.74, 6) is -0.168. The van der Waals surface area contributed by atoms with Crippen molar-refractivity contribution in [2.75, 3.05) is 11.7 Å². The van der Waals surface area contributed by atoms with Crippen LogP contribution in [-0.4, -0.2) is 28.2 Å². The van der Waals surface area contributed by atoms with Crippen molar-refractivity contribution >= 4 is 29.1 Å². The lowest BCUT2D eigenvalue weighted by atomic mass is 9.97. The molecule has 1 aliphatic heterocycles. The summed E-state index contributed by atoms with van der Waals surface area (Å²) < 4.78 is 1.77. The number of carbonyl (C=O) groups is 1. The number of benzene rings is 2. The first-order valence-electron chi connectivity index (χ1n) is 10.1. The third kappa shape index (κ3) is 3.73. The Morgan fingerprint density at radius 3 is 1.94 bits per heavy atom. The summed E-state index contributed by atoms with van der Waals surface area (Å²) in [4.78, 5) is 27.4. The van der Waals surface area contributed by atoms with Gasteiger partial charge in [0.1, 0.15) is 18.4 Å². The largest absolute Gasteiger partial charge is 0.316 e. The van der Waals surface area contributed by atoms with Crippen molar-refractivity contribution in [3.8, 4) is 0 Å². The second-order valence-electron chi connectivity index (χ2n) is 7.89. The molecule has 1 aliphatic rings. The van der Waals surface area contributed by atoms with Crippen LogP contribution < -0.4 is 10.4 Å². The predicted molar refractivity (Wildman–Crippen MR) is 125 cm³/mol. The zero-order valence-corrected chi connectivity index (χ0v) is 19.1. The van der Waals surface area contributed by atoms with Gasteiger partial charge in [0.2, 0.25) is 0 Å². The number of nitrogens with zero attached hydrogens (tertiary/aromatic N) is 3. The molecule has 2 heterocycles. The molecule has 0 aliphatic carbocycles. The zero-order valence-electron chi connectivity index (χ0n) is 17.5. The van der Waals surface area contributed by atoms with E-state index in [1.165, 1.54) is 6.07 Å². The normalized spacial score (nSPS) is 13.8. The van der Waals surface area contributed by atoms with Gasteiger partial charge in [0.25, 0.3) is 5.91 Å². The van der Waals surface area contributed by atoms with E-state index in [1.54, 1.807) is 22.7 Å². The highest BCUT2D eigenvalue weighted by atomic mass is 35.5. The summed E-state index contributed by atoms with van der Waals surface area (Å²) in [7, 11) is 0. The third-order valence-corrected chi connectivity index (χ3v) is 6.37. The fourth-order valence-corrected chi connectivity index (χ4v) is 4.49. The summed E-state index contributed by atoms with van der Waals surface area (Å²) in [5.41, 5.74) is 2.32. The molecule has 1 aromatic heterocycles. The molecular weight excluding hydrogens is 433 g/mol. The summed E-state index contributed by atoms with van der Waals surface area (Å²) in [6, 6.07) is 16.3. The minimum atomic E-state index is -0.377. The van der Waals surface area contributed by atoms with Crippen LogP contribution in [0.3, 0.4) is 0 Å². The fraction of sp³-hybridized carbons (Fsp3) is 0.250. The molecule has 7 heteroatoms. The molecule has 160 valence electrons. The molecule has 5 nitrogen and oxygen atoms in total. The van der Waals surface area contributed by atoms with Crippen LogP contribution in [0.2, 0.25) is 10.0 Å². The van der Waals surface area contributed by atoms with E-state index in [4.69, 9.17) is 23.2 Å². The van der Waals surface area contributed by atoms with E-state index in [0.717, 1.165) is 11.1 Å². The van der Waals surface area contributed by atoms with Crippen molar-refractivity contribution in [1.29, 1.82) is 0 Å². The molecule has 0 fully saturated rings. The average Bonchev–Trinajstić information content (AvgIpc) is 2.74. The van der Waals surface area contributed by atoms with E-state index in [0.29, 0.717) is 28.0 Å². The maximum atomic E-state index is 13.3. The molecule has 0 bridgehead atoms. The highest BCUT2D eigenvalue weighted by molar-refractivity contribution is 6.32. The molecule has 3 aromatic rings. The molecule has 0 saturated heterocycles. The van der Waals surface area contributed by atoms with Crippen LogP contribution in [0.4, 0.5) is 0 Å². The van der Waals surface area contributed by atoms with Crippen molar-refractivity contribution in [2.24, 2.45) is 0 Å². The Labute approximate surface area is 191 Å². The molecule has 4 rings (SSSR count). The van der Waals surface area contributed by atoms with Gasteiger partial charge in [-0.05, 0) is 44.0 Å². The van der Waals surface area contributed by atoms with E-state index in [9.17, 15) is 9.59 Å². The van der Waals surface area contributed by atoms with Crippen LogP contribution in [0.25, 0.3) is 0 Å². The lowest BCUT2D eigenvalue weighted by molar-refractivity contribution is 0.0625. The minimum absolute atomic E-state index is 0.0587. The Hall–Kier alpha value is -2.76. The van der Waals surface area contributed by atoms with Crippen molar-refractivity contribution < 1.29 is 4.79 Å². The SMILES string of the molecule is Cc1c2n(ccc1=O)N(C(c1ccccc1Cl)c1ccccc1Cl)CN(C(C)C)C2=O. The van der Waals surface area contributed by atoms with Crippen LogP contribution in [0, 0.1) is 6.92 Å². The second kappa shape index (κ2) is 8.40. The number of carbonyl (C=O) groups excluding carboxylic acids is 1. The van der Waals surface area contributed by atoms with Gasteiger partial charge in [-0.3, -0.25) is 19.3 Å². The Morgan fingerprint density at radius 2 is 1.42 bits per heavy atom. The van der Waals surface area contributed by atoms with Gasteiger partial charge in [0.05, 0.1) is 0 Å². The maximum Gasteiger partial charge on any atom is 0.274 e. The molecular formula is C24H23Cl2N3O2. The molecule has 0 unspecified atom stereocenters. The van der Waals surface area contributed by atoms with Crippen LogP contribution in [-0.2, 0) is 0 Å². The summed E-state index contributed by atoms with van der Waals surface area (Å²) in [6.07, 6.45) is 1.65. The third-order valence-electron chi connectivity index (χ3n) is 5.68. The van der Waals surface area contributed by atoms with E-state index >= 15 is 0 Å². The fourth-order valence-electron chi connectivity index (χ4n) is 4.01. The summed E-state index contributed by atoms with van der Waals surface area (Å²) >= 11 is 13.3. The van der Waals surface area contributed by atoms with Gasteiger partial charge < -0.3 is 4.90 Å². The van der Waals surface area contributed by atoms with Crippen LogP contribution >= 0.6 is 23.2 Å².